The van der Waals surface area contributed by atoms with Crippen LogP contribution in [0.1, 0.15) is 30.4 Å². The zero-order valence-electron chi connectivity index (χ0n) is 14.8. The van der Waals surface area contributed by atoms with Gasteiger partial charge in [0.25, 0.3) is 0 Å². The van der Waals surface area contributed by atoms with Crippen molar-refractivity contribution in [3.8, 4) is 0 Å². The molecule has 0 amide bonds. The van der Waals surface area contributed by atoms with Gasteiger partial charge in [-0.1, -0.05) is 70.5 Å². The van der Waals surface area contributed by atoms with E-state index in [0.717, 1.165) is 36.8 Å². The molecule has 1 heterocycles. The molecule has 0 aromatic heterocycles. The third-order valence-electron chi connectivity index (χ3n) is 4.90. The van der Waals surface area contributed by atoms with E-state index >= 15 is 0 Å². The summed E-state index contributed by atoms with van der Waals surface area (Å²) in [6.45, 7) is 2.55. The standard InChI is InChI=1S/C22H24BrNO2/c23-21-13-5-4-11-20(21)19(17-8-2-1-3-9-17)12-7-15-24-14-6-10-18(16-24)22(25)26/h1-5,8-9,11-13,18H,6-7,10,14-16H2,(H,25,26)/b19-12+/t18-/m1/s1. The van der Waals surface area contributed by atoms with E-state index < -0.39 is 5.97 Å². The van der Waals surface area contributed by atoms with Crippen molar-refractivity contribution in [3.63, 3.8) is 0 Å². The molecule has 1 N–H and O–H groups in total. The zero-order chi connectivity index (χ0) is 18.4. The Balaban J connectivity index is 1.75. The number of hydrogen-bond donors (Lipinski definition) is 1. The van der Waals surface area contributed by atoms with Gasteiger partial charge >= 0.3 is 5.97 Å². The Morgan fingerprint density at radius 1 is 1.15 bits per heavy atom. The third-order valence-corrected chi connectivity index (χ3v) is 5.59. The first-order valence-corrected chi connectivity index (χ1v) is 9.90. The van der Waals surface area contributed by atoms with E-state index in [9.17, 15) is 9.90 Å². The second-order valence-electron chi connectivity index (χ2n) is 6.73. The number of halogens is 1. The fraction of sp³-hybridized carbons (Fsp3) is 0.318. The molecule has 1 aliphatic rings. The summed E-state index contributed by atoms with van der Waals surface area (Å²) in [5.41, 5.74) is 3.59. The Morgan fingerprint density at radius 3 is 2.62 bits per heavy atom. The highest BCUT2D eigenvalue weighted by Crippen LogP contribution is 2.30. The molecule has 136 valence electrons. The van der Waals surface area contributed by atoms with E-state index in [-0.39, 0.29) is 5.92 Å². The molecule has 4 heteroatoms. The van der Waals surface area contributed by atoms with Crippen LogP contribution in [0.2, 0.25) is 0 Å². The number of carboxylic acid groups (broad SMARTS) is 1. The predicted molar refractivity (Wildman–Crippen MR) is 109 cm³/mol. The fourth-order valence-electron chi connectivity index (χ4n) is 3.53. The van der Waals surface area contributed by atoms with Gasteiger partial charge in [0.15, 0.2) is 0 Å². The predicted octanol–water partition coefficient (Wildman–Crippen LogP) is 5.07. The average molecular weight is 414 g/mol. The molecule has 3 nitrogen and oxygen atoms in total. The SMILES string of the molecule is O=C(O)[C@@H]1CCCN(CC/C=C(\c2ccccc2)c2ccccc2Br)C1. The molecule has 1 aliphatic heterocycles. The molecular formula is C22H24BrNO2. The number of carboxylic acids is 1. The van der Waals surface area contributed by atoms with Crippen LogP contribution in [0.25, 0.3) is 5.57 Å². The molecule has 0 spiro atoms. The van der Waals surface area contributed by atoms with E-state index in [2.05, 4.69) is 69.4 Å². The highest BCUT2D eigenvalue weighted by Gasteiger charge is 2.24. The highest BCUT2D eigenvalue weighted by molar-refractivity contribution is 9.10. The summed E-state index contributed by atoms with van der Waals surface area (Å²) in [5, 5.41) is 9.25. The van der Waals surface area contributed by atoms with Crippen molar-refractivity contribution in [3.05, 3.63) is 76.3 Å². The second-order valence-corrected chi connectivity index (χ2v) is 7.58. The lowest BCUT2D eigenvalue weighted by molar-refractivity contribution is -0.143. The van der Waals surface area contributed by atoms with Gasteiger partial charge in [-0.15, -0.1) is 0 Å². The molecule has 2 aromatic rings. The lowest BCUT2D eigenvalue weighted by Crippen LogP contribution is -2.39. The molecule has 2 aromatic carbocycles. The van der Waals surface area contributed by atoms with Crippen molar-refractivity contribution in [2.24, 2.45) is 5.92 Å². The number of benzene rings is 2. The van der Waals surface area contributed by atoms with Crippen molar-refractivity contribution in [1.82, 2.24) is 4.90 Å². The molecule has 26 heavy (non-hydrogen) atoms. The van der Waals surface area contributed by atoms with Crippen LogP contribution < -0.4 is 0 Å². The number of piperidine rings is 1. The number of rotatable bonds is 6. The maximum atomic E-state index is 11.2. The number of hydrogen-bond acceptors (Lipinski definition) is 2. The Kier molecular flexibility index (Phi) is 6.64. The summed E-state index contributed by atoms with van der Waals surface area (Å²) in [5.74, 6) is -0.881. The Bertz CT molecular complexity index is 773. The maximum absolute atomic E-state index is 11.2. The van der Waals surface area contributed by atoms with Gasteiger partial charge in [0.1, 0.15) is 0 Å². The second kappa shape index (κ2) is 9.15. The van der Waals surface area contributed by atoms with Crippen molar-refractivity contribution in [2.75, 3.05) is 19.6 Å². The van der Waals surface area contributed by atoms with Crippen molar-refractivity contribution < 1.29 is 9.90 Å². The molecule has 1 saturated heterocycles. The van der Waals surface area contributed by atoms with E-state index in [1.165, 1.54) is 16.7 Å². The summed E-state index contributed by atoms with van der Waals surface area (Å²) in [6, 6.07) is 18.7. The van der Waals surface area contributed by atoms with Gasteiger partial charge in [0.05, 0.1) is 5.92 Å². The van der Waals surface area contributed by atoms with Crippen molar-refractivity contribution in [1.29, 1.82) is 0 Å². The summed E-state index contributed by atoms with van der Waals surface area (Å²) < 4.78 is 1.08. The molecular weight excluding hydrogens is 390 g/mol. The van der Waals surface area contributed by atoms with Gasteiger partial charge in [-0.2, -0.15) is 0 Å². The molecule has 0 saturated carbocycles. The first-order chi connectivity index (χ1) is 12.6. The summed E-state index contributed by atoms with van der Waals surface area (Å²) in [4.78, 5) is 13.5. The molecule has 1 atom stereocenters. The summed E-state index contributed by atoms with van der Waals surface area (Å²) in [6.07, 6.45) is 4.95. The van der Waals surface area contributed by atoms with Crippen molar-refractivity contribution in [2.45, 2.75) is 19.3 Å². The number of carbonyl (C=O) groups is 1. The fourth-order valence-corrected chi connectivity index (χ4v) is 4.03. The van der Waals surface area contributed by atoms with Gasteiger partial charge in [0, 0.05) is 17.6 Å². The quantitative estimate of drug-likeness (QED) is 0.718. The molecule has 3 rings (SSSR count). The monoisotopic (exact) mass is 413 g/mol. The van der Waals surface area contributed by atoms with E-state index in [4.69, 9.17) is 0 Å². The van der Waals surface area contributed by atoms with Crippen LogP contribution >= 0.6 is 15.9 Å². The van der Waals surface area contributed by atoms with Crippen LogP contribution in [0.4, 0.5) is 0 Å². The van der Waals surface area contributed by atoms with Crippen LogP contribution in [0, 0.1) is 5.92 Å². The molecule has 0 bridgehead atoms. The van der Waals surface area contributed by atoms with Gasteiger partial charge in [-0.05, 0) is 48.6 Å². The normalized spacial score (nSPS) is 18.7. The summed E-state index contributed by atoms with van der Waals surface area (Å²) in [7, 11) is 0. The van der Waals surface area contributed by atoms with E-state index in [1.807, 2.05) is 12.1 Å². The zero-order valence-corrected chi connectivity index (χ0v) is 16.4. The lowest BCUT2D eigenvalue weighted by atomic mass is 9.96. The van der Waals surface area contributed by atoms with E-state index in [0.29, 0.717) is 6.54 Å². The highest BCUT2D eigenvalue weighted by atomic mass is 79.9. The molecule has 0 aliphatic carbocycles. The van der Waals surface area contributed by atoms with Gasteiger partial charge < -0.3 is 10.0 Å². The molecule has 0 radical (unpaired) electrons. The third kappa shape index (κ3) is 4.83. The number of aliphatic carboxylic acids is 1. The van der Waals surface area contributed by atoms with Crippen LogP contribution in [0.3, 0.4) is 0 Å². The number of nitrogens with zero attached hydrogens (tertiary/aromatic N) is 1. The van der Waals surface area contributed by atoms with Gasteiger partial charge in [0.2, 0.25) is 0 Å². The molecule has 1 fully saturated rings. The van der Waals surface area contributed by atoms with Crippen molar-refractivity contribution >= 4 is 27.5 Å². The van der Waals surface area contributed by atoms with Crippen LogP contribution in [0.15, 0.2) is 65.1 Å². The number of likely N-dealkylation sites (tertiary alicyclic amines) is 1. The summed E-state index contributed by atoms with van der Waals surface area (Å²) >= 11 is 3.67. The topological polar surface area (TPSA) is 40.5 Å². The Hall–Kier alpha value is -1.91. The van der Waals surface area contributed by atoms with Crippen LogP contribution in [-0.4, -0.2) is 35.6 Å². The maximum Gasteiger partial charge on any atom is 0.307 e. The Labute approximate surface area is 163 Å². The smallest absolute Gasteiger partial charge is 0.307 e. The first kappa shape index (κ1) is 18.9. The largest absolute Gasteiger partial charge is 0.481 e. The lowest BCUT2D eigenvalue weighted by Gasteiger charge is -2.30. The first-order valence-electron chi connectivity index (χ1n) is 9.11. The van der Waals surface area contributed by atoms with E-state index in [1.54, 1.807) is 0 Å². The minimum atomic E-state index is -0.663. The average Bonchev–Trinajstić information content (AvgIpc) is 2.67. The van der Waals surface area contributed by atoms with Gasteiger partial charge in [-0.25, -0.2) is 0 Å². The minimum absolute atomic E-state index is 0.218. The Morgan fingerprint density at radius 2 is 1.88 bits per heavy atom. The minimum Gasteiger partial charge on any atom is -0.481 e. The van der Waals surface area contributed by atoms with Gasteiger partial charge in [-0.3, -0.25) is 4.79 Å². The van der Waals surface area contributed by atoms with Crippen LogP contribution in [-0.2, 0) is 4.79 Å². The molecule has 0 unspecified atom stereocenters. The van der Waals surface area contributed by atoms with Crippen LogP contribution in [0.5, 0.6) is 0 Å².